The Morgan fingerprint density at radius 2 is 1.80 bits per heavy atom. The van der Waals surface area contributed by atoms with Gasteiger partial charge in [0.25, 0.3) is 0 Å². The molecule has 0 aliphatic heterocycles. The Morgan fingerprint density at radius 3 is 2.55 bits per heavy atom. The van der Waals surface area contributed by atoms with Gasteiger partial charge in [0.2, 0.25) is 0 Å². The van der Waals surface area contributed by atoms with Crippen LogP contribution in [0.15, 0.2) is 24.3 Å². The molecule has 0 saturated heterocycles. The Labute approximate surface area is 111 Å². The first kappa shape index (κ1) is 12.5. The normalized spacial score (nSPS) is 11.0. The second-order valence-electron chi connectivity index (χ2n) is 4.13. The van der Waals surface area contributed by atoms with Gasteiger partial charge in [-0.2, -0.15) is 0 Å². The van der Waals surface area contributed by atoms with Crippen molar-refractivity contribution in [2.24, 2.45) is 0 Å². The summed E-state index contributed by atoms with van der Waals surface area (Å²) in [5.74, 6) is -3.35. The van der Waals surface area contributed by atoms with Crippen LogP contribution in [0.3, 0.4) is 0 Å². The first-order valence-corrected chi connectivity index (χ1v) is 5.78. The summed E-state index contributed by atoms with van der Waals surface area (Å²) >= 11 is 0. The fraction of sp³-hybridized carbons (Fsp3) is 0.0769. The topological polar surface area (TPSA) is 53.6 Å². The van der Waals surface area contributed by atoms with Crippen molar-refractivity contribution in [3.05, 3.63) is 41.7 Å². The summed E-state index contributed by atoms with van der Waals surface area (Å²) in [6.07, 6.45) is 0. The van der Waals surface area contributed by atoms with Crippen LogP contribution in [0.5, 0.6) is 0 Å². The van der Waals surface area contributed by atoms with Gasteiger partial charge in [-0.3, -0.25) is 0 Å². The van der Waals surface area contributed by atoms with Gasteiger partial charge in [-0.1, -0.05) is 0 Å². The van der Waals surface area contributed by atoms with Gasteiger partial charge in [0.1, 0.15) is 11.6 Å². The average Bonchev–Trinajstić information content (AvgIpc) is 2.87. The lowest BCUT2D eigenvalue weighted by Gasteiger charge is -2.00. The molecule has 0 bridgehead atoms. The molecule has 2 N–H and O–H groups in total. The van der Waals surface area contributed by atoms with E-state index in [1.807, 2.05) is 0 Å². The number of fused-ring (bicyclic) bond motifs is 1. The molecule has 2 heterocycles. The quantitative estimate of drug-likeness (QED) is 0.708. The second kappa shape index (κ2) is 4.52. The standard InChI is InChI=1S/C13H9F3N4/c1-17-9-5-4-8-13(19-9)20-12(18-8)6-2-3-7(14)11(16)10(6)15/h2-5H,1H3,(H2,17,18,19,20). The zero-order valence-electron chi connectivity index (χ0n) is 10.3. The van der Waals surface area contributed by atoms with Gasteiger partial charge in [-0.15, -0.1) is 0 Å². The van der Waals surface area contributed by atoms with Crippen molar-refractivity contribution in [1.29, 1.82) is 0 Å². The molecule has 4 nitrogen and oxygen atoms in total. The van der Waals surface area contributed by atoms with Crippen LogP contribution in [-0.4, -0.2) is 22.0 Å². The minimum Gasteiger partial charge on any atom is -0.373 e. The van der Waals surface area contributed by atoms with Crippen molar-refractivity contribution in [2.75, 3.05) is 12.4 Å². The Kier molecular flexibility index (Phi) is 2.81. The van der Waals surface area contributed by atoms with E-state index in [2.05, 4.69) is 20.3 Å². The monoisotopic (exact) mass is 278 g/mol. The molecule has 0 atom stereocenters. The number of aromatic amines is 1. The number of nitrogens with one attached hydrogen (secondary N) is 2. The van der Waals surface area contributed by atoms with Crippen molar-refractivity contribution in [3.8, 4) is 11.4 Å². The maximum Gasteiger partial charge on any atom is 0.195 e. The highest BCUT2D eigenvalue weighted by Crippen LogP contribution is 2.25. The maximum atomic E-state index is 13.7. The summed E-state index contributed by atoms with van der Waals surface area (Å²) in [5, 5.41) is 2.85. The minimum atomic E-state index is -1.52. The highest BCUT2D eigenvalue weighted by molar-refractivity contribution is 5.77. The van der Waals surface area contributed by atoms with Gasteiger partial charge in [0, 0.05) is 7.05 Å². The molecular formula is C13H9F3N4. The first-order chi connectivity index (χ1) is 9.60. The molecule has 0 amide bonds. The van der Waals surface area contributed by atoms with Crippen LogP contribution >= 0.6 is 0 Å². The lowest BCUT2D eigenvalue weighted by atomic mass is 10.2. The SMILES string of the molecule is CNc1ccc2[nH]c(-c3ccc(F)c(F)c3F)nc2n1. The van der Waals surface area contributed by atoms with E-state index in [4.69, 9.17) is 0 Å². The van der Waals surface area contributed by atoms with Gasteiger partial charge in [0.05, 0.1) is 11.1 Å². The van der Waals surface area contributed by atoms with Crippen molar-refractivity contribution in [2.45, 2.75) is 0 Å². The van der Waals surface area contributed by atoms with Crippen LogP contribution in [-0.2, 0) is 0 Å². The van der Waals surface area contributed by atoms with E-state index >= 15 is 0 Å². The van der Waals surface area contributed by atoms with Gasteiger partial charge in [-0.25, -0.2) is 23.1 Å². The number of H-pyrrole nitrogens is 1. The predicted molar refractivity (Wildman–Crippen MR) is 68.7 cm³/mol. The number of imidazole rings is 1. The number of rotatable bonds is 2. The third kappa shape index (κ3) is 1.87. The molecule has 2 aromatic heterocycles. The number of pyridine rings is 1. The molecule has 0 unspecified atom stereocenters. The van der Waals surface area contributed by atoms with Crippen molar-refractivity contribution < 1.29 is 13.2 Å². The fourth-order valence-electron chi connectivity index (χ4n) is 1.87. The zero-order valence-corrected chi connectivity index (χ0v) is 10.3. The molecule has 0 aliphatic carbocycles. The number of benzene rings is 1. The molecule has 0 saturated carbocycles. The molecule has 20 heavy (non-hydrogen) atoms. The molecule has 7 heteroatoms. The number of halogens is 3. The molecule has 3 aromatic rings. The van der Waals surface area contributed by atoms with Crippen LogP contribution in [0, 0.1) is 17.5 Å². The largest absolute Gasteiger partial charge is 0.373 e. The zero-order chi connectivity index (χ0) is 14.3. The van der Waals surface area contributed by atoms with E-state index in [0.29, 0.717) is 17.0 Å². The van der Waals surface area contributed by atoms with Crippen LogP contribution < -0.4 is 5.32 Å². The van der Waals surface area contributed by atoms with Gasteiger partial charge in [0.15, 0.2) is 23.1 Å². The van der Waals surface area contributed by atoms with Gasteiger partial charge < -0.3 is 10.3 Å². The molecule has 0 aliphatic rings. The molecule has 102 valence electrons. The molecule has 0 fully saturated rings. The molecule has 0 radical (unpaired) electrons. The number of aromatic nitrogens is 3. The van der Waals surface area contributed by atoms with Crippen LogP contribution in [0.1, 0.15) is 0 Å². The van der Waals surface area contributed by atoms with E-state index in [0.717, 1.165) is 12.1 Å². The molecule has 1 aromatic carbocycles. The maximum absolute atomic E-state index is 13.7. The van der Waals surface area contributed by atoms with Crippen molar-refractivity contribution in [1.82, 2.24) is 15.0 Å². The number of hydrogen-bond donors (Lipinski definition) is 2. The van der Waals surface area contributed by atoms with E-state index in [1.54, 1.807) is 19.2 Å². The van der Waals surface area contributed by atoms with Crippen molar-refractivity contribution >= 4 is 17.0 Å². The summed E-state index contributed by atoms with van der Waals surface area (Å²) in [6.45, 7) is 0. The molecular weight excluding hydrogens is 269 g/mol. The smallest absolute Gasteiger partial charge is 0.195 e. The first-order valence-electron chi connectivity index (χ1n) is 5.78. The van der Waals surface area contributed by atoms with E-state index in [1.165, 1.54) is 0 Å². The minimum absolute atomic E-state index is 0.0946. The summed E-state index contributed by atoms with van der Waals surface area (Å²) < 4.78 is 39.9. The van der Waals surface area contributed by atoms with Crippen LogP contribution in [0.2, 0.25) is 0 Å². The van der Waals surface area contributed by atoms with Gasteiger partial charge in [-0.05, 0) is 24.3 Å². The number of anilines is 1. The van der Waals surface area contributed by atoms with Crippen molar-refractivity contribution in [3.63, 3.8) is 0 Å². The van der Waals surface area contributed by atoms with E-state index < -0.39 is 17.5 Å². The Morgan fingerprint density at radius 1 is 1.00 bits per heavy atom. The van der Waals surface area contributed by atoms with Crippen LogP contribution in [0.25, 0.3) is 22.6 Å². The highest BCUT2D eigenvalue weighted by Gasteiger charge is 2.17. The lowest BCUT2D eigenvalue weighted by molar-refractivity contribution is 0.448. The Balaban J connectivity index is 2.17. The van der Waals surface area contributed by atoms with Crippen LogP contribution in [0.4, 0.5) is 19.0 Å². The Hall–Kier alpha value is -2.57. The lowest BCUT2D eigenvalue weighted by Crippen LogP contribution is -1.94. The third-order valence-electron chi connectivity index (χ3n) is 2.89. The summed E-state index contributed by atoms with van der Waals surface area (Å²) in [5.41, 5.74) is 0.784. The number of hydrogen-bond acceptors (Lipinski definition) is 3. The van der Waals surface area contributed by atoms with E-state index in [9.17, 15) is 13.2 Å². The molecule has 3 rings (SSSR count). The average molecular weight is 278 g/mol. The fourth-order valence-corrected chi connectivity index (χ4v) is 1.87. The van der Waals surface area contributed by atoms with E-state index in [-0.39, 0.29) is 11.4 Å². The summed E-state index contributed by atoms with van der Waals surface area (Å²) in [7, 11) is 1.71. The van der Waals surface area contributed by atoms with Gasteiger partial charge >= 0.3 is 0 Å². The Bertz CT molecular complexity index is 798. The molecule has 0 spiro atoms. The third-order valence-corrected chi connectivity index (χ3v) is 2.89. The second-order valence-corrected chi connectivity index (χ2v) is 4.13. The predicted octanol–water partition coefficient (Wildman–Crippen LogP) is 3.08. The summed E-state index contributed by atoms with van der Waals surface area (Å²) in [4.78, 5) is 11.1. The summed E-state index contributed by atoms with van der Waals surface area (Å²) in [6, 6.07) is 5.41. The number of nitrogens with zero attached hydrogens (tertiary/aromatic N) is 2. The highest BCUT2D eigenvalue weighted by atomic mass is 19.2.